The van der Waals surface area contributed by atoms with Gasteiger partial charge in [0.1, 0.15) is 11.5 Å². The van der Waals surface area contributed by atoms with E-state index in [9.17, 15) is 10.2 Å². The summed E-state index contributed by atoms with van der Waals surface area (Å²) < 4.78 is 0. The molecule has 24 heavy (non-hydrogen) atoms. The number of anilines is 4. The summed E-state index contributed by atoms with van der Waals surface area (Å²) in [5.41, 5.74) is 28.0. The summed E-state index contributed by atoms with van der Waals surface area (Å²) in [4.78, 5) is 0. The summed E-state index contributed by atoms with van der Waals surface area (Å²) in [5, 5.41) is 19.1. The van der Waals surface area contributed by atoms with Gasteiger partial charge in [-0.25, -0.2) is 0 Å². The molecule has 6 heteroatoms. The van der Waals surface area contributed by atoms with Crippen LogP contribution in [0, 0.1) is 0 Å². The molecule has 0 saturated heterocycles. The Kier molecular flexibility index (Phi) is 3.57. The molecule has 3 aromatic rings. The highest BCUT2D eigenvalue weighted by Crippen LogP contribution is 2.38. The number of nitrogen functional groups attached to an aromatic ring is 4. The normalized spacial score (nSPS) is 10.7. The molecule has 0 amide bonds. The summed E-state index contributed by atoms with van der Waals surface area (Å²) in [6, 6.07) is 13.6. The van der Waals surface area contributed by atoms with E-state index in [0.29, 0.717) is 16.9 Å². The molecule has 0 radical (unpaired) electrons. The van der Waals surface area contributed by atoms with E-state index in [1.165, 1.54) is 12.1 Å². The Morgan fingerprint density at radius 1 is 0.542 bits per heavy atom. The number of hydrogen-bond donors (Lipinski definition) is 6. The predicted molar refractivity (Wildman–Crippen MR) is 98.3 cm³/mol. The Morgan fingerprint density at radius 3 is 1.75 bits per heavy atom. The van der Waals surface area contributed by atoms with Gasteiger partial charge in [-0.15, -0.1) is 0 Å². The molecule has 0 aromatic heterocycles. The van der Waals surface area contributed by atoms with Crippen molar-refractivity contribution in [2.45, 2.75) is 0 Å². The van der Waals surface area contributed by atoms with E-state index in [4.69, 9.17) is 22.9 Å². The highest BCUT2D eigenvalue weighted by Gasteiger charge is 2.12. The molecule has 0 saturated carbocycles. The van der Waals surface area contributed by atoms with Gasteiger partial charge in [0.05, 0.1) is 17.1 Å². The first-order valence-corrected chi connectivity index (χ1v) is 7.24. The lowest BCUT2D eigenvalue weighted by atomic mass is 9.96. The third kappa shape index (κ3) is 2.50. The van der Waals surface area contributed by atoms with Crippen molar-refractivity contribution in [3.05, 3.63) is 48.5 Å². The van der Waals surface area contributed by atoms with Crippen molar-refractivity contribution in [3.63, 3.8) is 0 Å². The SMILES string of the molecule is Nc1cc(-c2ccc(-c3ccc(O)c(N)c3N)cc2N)ccc1O. The van der Waals surface area contributed by atoms with E-state index in [1.54, 1.807) is 24.3 Å². The van der Waals surface area contributed by atoms with Crippen LogP contribution >= 0.6 is 0 Å². The molecule has 0 atom stereocenters. The molecule has 6 nitrogen and oxygen atoms in total. The second-order valence-corrected chi connectivity index (χ2v) is 5.54. The molecular weight excluding hydrogens is 304 g/mol. The van der Waals surface area contributed by atoms with Crippen LogP contribution < -0.4 is 22.9 Å². The van der Waals surface area contributed by atoms with Crippen LogP contribution in [-0.4, -0.2) is 10.2 Å². The fraction of sp³-hybridized carbons (Fsp3) is 0. The molecule has 0 unspecified atom stereocenters. The molecule has 10 N–H and O–H groups in total. The lowest BCUT2D eigenvalue weighted by Crippen LogP contribution is -1.98. The quantitative estimate of drug-likeness (QED) is 0.316. The second-order valence-electron chi connectivity index (χ2n) is 5.54. The first kappa shape index (κ1) is 15.4. The van der Waals surface area contributed by atoms with Gasteiger partial charge in [-0.05, 0) is 41.5 Å². The lowest BCUT2D eigenvalue weighted by molar-refractivity contribution is 0.477. The van der Waals surface area contributed by atoms with Crippen molar-refractivity contribution in [2.75, 3.05) is 22.9 Å². The van der Waals surface area contributed by atoms with E-state index in [1.807, 2.05) is 12.1 Å². The van der Waals surface area contributed by atoms with E-state index in [0.717, 1.165) is 16.7 Å². The number of benzene rings is 3. The van der Waals surface area contributed by atoms with Crippen LogP contribution in [0.3, 0.4) is 0 Å². The molecule has 0 bridgehead atoms. The molecule has 0 fully saturated rings. The summed E-state index contributed by atoms with van der Waals surface area (Å²) in [6.07, 6.45) is 0. The summed E-state index contributed by atoms with van der Waals surface area (Å²) in [6.45, 7) is 0. The Bertz CT molecular complexity index is 939. The van der Waals surface area contributed by atoms with Gasteiger partial charge in [0.2, 0.25) is 0 Å². The number of hydrogen-bond acceptors (Lipinski definition) is 6. The van der Waals surface area contributed by atoms with Crippen molar-refractivity contribution < 1.29 is 10.2 Å². The summed E-state index contributed by atoms with van der Waals surface area (Å²) in [7, 11) is 0. The highest BCUT2D eigenvalue weighted by atomic mass is 16.3. The maximum atomic E-state index is 9.61. The number of phenols is 2. The molecule has 0 aliphatic heterocycles. The smallest absolute Gasteiger partial charge is 0.140 e. The Labute approximate surface area is 138 Å². The number of phenolic OH excluding ortho intramolecular Hbond substituents is 2. The van der Waals surface area contributed by atoms with Crippen molar-refractivity contribution in [2.24, 2.45) is 0 Å². The minimum Gasteiger partial charge on any atom is -0.506 e. The average Bonchev–Trinajstić information content (AvgIpc) is 2.55. The van der Waals surface area contributed by atoms with Gasteiger partial charge >= 0.3 is 0 Å². The average molecular weight is 322 g/mol. The largest absolute Gasteiger partial charge is 0.506 e. The van der Waals surface area contributed by atoms with Gasteiger partial charge in [-0.2, -0.15) is 0 Å². The third-order valence-corrected chi connectivity index (χ3v) is 3.97. The number of aromatic hydroxyl groups is 2. The zero-order valence-electron chi connectivity index (χ0n) is 12.8. The lowest BCUT2D eigenvalue weighted by Gasteiger charge is -2.13. The monoisotopic (exact) mass is 322 g/mol. The second kappa shape index (κ2) is 5.58. The van der Waals surface area contributed by atoms with Crippen LogP contribution in [0.1, 0.15) is 0 Å². The minimum atomic E-state index is -0.0552. The summed E-state index contributed by atoms with van der Waals surface area (Å²) in [5.74, 6) is -0.0262. The molecule has 0 spiro atoms. The first-order valence-electron chi connectivity index (χ1n) is 7.24. The fourth-order valence-electron chi connectivity index (χ4n) is 2.59. The van der Waals surface area contributed by atoms with E-state index in [2.05, 4.69) is 0 Å². The zero-order valence-corrected chi connectivity index (χ0v) is 12.8. The number of rotatable bonds is 2. The van der Waals surface area contributed by atoms with E-state index < -0.39 is 0 Å². The molecule has 0 aliphatic carbocycles. The van der Waals surface area contributed by atoms with Crippen LogP contribution in [0.25, 0.3) is 22.3 Å². The van der Waals surface area contributed by atoms with Crippen molar-refractivity contribution >= 4 is 22.7 Å². The molecule has 3 aromatic carbocycles. The number of nitrogens with two attached hydrogens (primary N) is 4. The van der Waals surface area contributed by atoms with Crippen molar-refractivity contribution in [1.82, 2.24) is 0 Å². The predicted octanol–water partition coefficient (Wildman–Crippen LogP) is 2.76. The van der Waals surface area contributed by atoms with Crippen molar-refractivity contribution in [1.29, 1.82) is 0 Å². The Hall–Kier alpha value is -3.54. The highest BCUT2D eigenvalue weighted by molar-refractivity contribution is 5.90. The molecule has 122 valence electrons. The van der Waals surface area contributed by atoms with Crippen LogP contribution in [0.5, 0.6) is 11.5 Å². The van der Waals surface area contributed by atoms with Gasteiger partial charge in [-0.3, -0.25) is 0 Å². The molecule has 0 heterocycles. The van der Waals surface area contributed by atoms with Gasteiger partial charge in [0, 0.05) is 16.8 Å². The Balaban J connectivity index is 2.07. The van der Waals surface area contributed by atoms with Gasteiger partial charge < -0.3 is 33.1 Å². The molecule has 3 rings (SSSR count). The molecular formula is C18H18N4O2. The van der Waals surface area contributed by atoms with E-state index in [-0.39, 0.29) is 22.9 Å². The summed E-state index contributed by atoms with van der Waals surface area (Å²) >= 11 is 0. The van der Waals surface area contributed by atoms with Gasteiger partial charge in [0.25, 0.3) is 0 Å². The maximum absolute atomic E-state index is 9.61. The van der Waals surface area contributed by atoms with E-state index >= 15 is 0 Å². The van der Waals surface area contributed by atoms with Crippen LogP contribution in [0.4, 0.5) is 22.7 Å². The third-order valence-electron chi connectivity index (χ3n) is 3.97. The minimum absolute atomic E-state index is 0.0290. The van der Waals surface area contributed by atoms with Crippen LogP contribution in [-0.2, 0) is 0 Å². The van der Waals surface area contributed by atoms with Crippen molar-refractivity contribution in [3.8, 4) is 33.8 Å². The zero-order chi connectivity index (χ0) is 17.4. The van der Waals surface area contributed by atoms with Crippen LogP contribution in [0.2, 0.25) is 0 Å². The van der Waals surface area contributed by atoms with Gasteiger partial charge in [0.15, 0.2) is 0 Å². The van der Waals surface area contributed by atoms with Gasteiger partial charge in [-0.1, -0.05) is 18.2 Å². The fourth-order valence-corrected chi connectivity index (χ4v) is 2.59. The standard InChI is InChI=1S/C18H18N4O2/c19-13-7-10(12-4-6-16(24)18(22)17(12)21)1-3-11(13)9-2-5-15(23)14(20)8-9/h1-8,23-24H,19-22H2. The topological polar surface area (TPSA) is 145 Å². The molecule has 0 aliphatic rings. The maximum Gasteiger partial charge on any atom is 0.140 e. The Morgan fingerprint density at radius 2 is 1.08 bits per heavy atom. The van der Waals surface area contributed by atoms with Crippen LogP contribution in [0.15, 0.2) is 48.5 Å². The first-order chi connectivity index (χ1) is 11.4.